The molecule has 3 aromatic rings. The Bertz CT molecular complexity index is 1140. The van der Waals surface area contributed by atoms with E-state index >= 15 is 0 Å². The number of nitrogens with one attached hydrogen (secondary N) is 1. The predicted molar refractivity (Wildman–Crippen MR) is 113 cm³/mol. The minimum atomic E-state index is -0.694. The first-order valence-corrected chi connectivity index (χ1v) is 9.56. The molecule has 0 bridgehead atoms. The summed E-state index contributed by atoms with van der Waals surface area (Å²) in [5, 5.41) is 10.7. The number of carbonyl (C=O) groups is 3. The first-order valence-electron chi connectivity index (χ1n) is 9.56. The van der Waals surface area contributed by atoms with Crippen molar-refractivity contribution in [1.29, 1.82) is 0 Å². The number of hydrogen-bond acceptors (Lipinski definition) is 6. The average molecular weight is 417 g/mol. The number of benzene rings is 2. The molecule has 4 rings (SSSR count). The molecule has 0 saturated heterocycles. The van der Waals surface area contributed by atoms with Crippen LogP contribution in [-0.2, 0) is 25.7 Å². The second-order valence-corrected chi connectivity index (χ2v) is 6.81. The zero-order valence-corrected chi connectivity index (χ0v) is 16.5. The van der Waals surface area contributed by atoms with Gasteiger partial charge in [0.2, 0.25) is 5.91 Å². The van der Waals surface area contributed by atoms with Gasteiger partial charge in [0.1, 0.15) is 12.2 Å². The molecule has 2 amide bonds. The SMILES string of the molecule is O=C1CN(C(=O)COC(=O)/C=C/c2cn(Cc3ccccc3)nn2)c2ccccc2N1. The fraction of sp³-hybridized carbons (Fsp3) is 0.136. The van der Waals surface area contributed by atoms with Gasteiger partial charge in [-0.2, -0.15) is 0 Å². The molecule has 0 fully saturated rings. The van der Waals surface area contributed by atoms with Gasteiger partial charge in [-0.1, -0.05) is 47.7 Å². The third kappa shape index (κ3) is 5.02. The number of nitrogens with zero attached hydrogens (tertiary/aromatic N) is 4. The largest absolute Gasteiger partial charge is 0.452 e. The van der Waals surface area contributed by atoms with Crippen LogP contribution in [-0.4, -0.2) is 45.9 Å². The van der Waals surface area contributed by atoms with Gasteiger partial charge in [-0.3, -0.25) is 14.5 Å². The van der Waals surface area contributed by atoms with Crippen molar-refractivity contribution < 1.29 is 19.1 Å². The van der Waals surface area contributed by atoms with Crippen LogP contribution in [0.3, 0.4) is 0 Å². The number of anilines is 2. The quantitative estimate of drug-likeness (QED) is 0.485. The van der Waals surface area contributed by atoms with Crippen LogP contribution in [0.25, 0.3) is 6.08 Å². The Labute approximate surface area is 177 Å². The van der Waals surface area contributed by atoms with Crippen LogP contribution in [0.4, 0.5) is 11.4 Å². The van der Waals surface area contributed by atoms with E-state index in [2.05, 4.69) is 15.6 Å². The van der Waals surface area contributed by atoms with Crippen molar-refractivity contribution in [3.05, 3.63) is 78.1 Å². The molecule has 1 aromatic heterocycles. The molecule has 9 heteroatoms. The number of aromatic nitrogens is 3. The Morgan fingerprint density at radius 3 is 2.71 bits per heavy atom. The van der Waals surface area contributed by atoms with Gasteiger partial charge in [0.25, 0.3) is 5.91 Å². The van der Waals surface area contributed by atoms with Crippen LogP contribution in [0.1, 0.15) is 11.3 Å². The summed E-state index contributed by atoms with van der Waals surface area (Å²) in [4.78, 5) is 37.6. The lowest BCUT2D eigenvalue weighted by Crippen LogP contribution is -2.43. The Hall–Kier alpha value is -4.27. The van der Waals surface area contributed by atoms with Crippen molar-refractivity contribution in [1.82, 2.24) is 15.0 Å². The summed E-state index contributed by atoms with van der Waals surface area (Å²) in [6.07, 6.45) is 4.34. The number of para-hydroxylation sites is 2. The summed E-state index contributed by atoms with van der Waals surface area (Å²) in [5.41, 5.74) is 2.67. The maximum Gasteiger partial charge on any atom is 0.331 e. The van der Waals surface area contributed by atoms with Gasteiger partial charge in [-0.25, -0.2) is 9.48 Å². The molecule has 0 atom stereocenters. The molecule has 1 aliphatic rings. The van der Waals surface area contributed by atoms with E-state index in [1.807, 2.05) is 30.3 Å². The molecule has 0 saturated carbocycles. The molecule has 2 heterocycles. The Morgan fingerprint density at radius 1 is 1.10 bits per heavy atom. The lowest BCUT2D eigenvalue weighted by atomic mass is 10.2. The number of hydrogen-bond donors (Lipinski definition) is 1. The number of rotatable bonds is 6. The molecule has 1 aliphatic heterocycles. The molecule has 2 aromatic carbocycles. The highest BCUT2D eigenvalue weighted by molar-refractivity contribution is 6.10. The van der Waals surface area contributed by atoms with Crippen LogP contribution in [0.2, 0.25) is 0 Å². The summed E-state index contributed by atoms with van der Waals surface area (Å²) >= 11 is 0. The maximum absolute atomic E-state index is 12.5. The van der Waals surface area contributed by atoms with E-state index in [0.717, 1.165) is 5.56 Å². The maximum atomic E-state index is 12.5. The molecule has 0 aliphatic carbocycles. The third-order valence-electron chi connectivity index (χ3n) is 4.54. The van der Waals surface area contributed by atoms with Gasteiger partial charge >= 0.3 is 5.97 Å². The molecular formula is C22H19N5O4. The predicted octanol–water partition coefficient (Wildman–Crippen LogP) is 1.87. The van der Waals surface area contributed by atoms with Crippen LogP contribution in [0.15, 0.2) is 66.9 Å². The van der Waals surface area contributed by atoms with Gasteiger partial charge in [-0.05, 0) is 23.8 Å². The summed E-state index contributed by atoms with van der Waals surface area (Å²) in [7, 11) is 0. The number of esters is 1. The van der Waals surface area contributed by atoms with E-state index in [4.69, 9.17) is 4.74 Å². The fourth-order valence-electron chi connectivity index (χ4n) is 3.11. The highest BCUT2D eigenvalue weighted by Gasteiger charge is 2.26. The molecule has 31 heavy (non-hydrogen) atoms. The molecule has 0 unspecified atom stereocenters. The average Bonchev–Trinajstić information content (AvgIpc) is 3.23. The second-order valence-electron chi connectivity index (χ2n) is 6.81. The first kappa shape index (κ1) is 20.0. The van der Waals surface area contributed by atoms with E-state index in [1.54, 1.807) is 35.1 Å². The van der Waals surface area contributed by atoms with Crippen LogP contribution in [0.5, 0.6) is 0 Å². The van der Waals surface area contributed by atoms with E-state index in [0.29, 0.717) is 23.6 Å². The lowest BCUT2D eigenvalue weighted by Gasteiger charge is -2.28. The van der Waals surface area contributed by atoms with Crippen LogP contribution < -0.4 is 10.2 Å². The third-order valence-corrected chi connectivity index (χ3v) is 4.54. The Morgan fingerprint density at radius 2 is 1.87 bits per heavy atom. The van der Waals surface area contributed by atoms with Crippen molar-refractivity contribution in [3.63, 3.8) is 0 Å². The van der Waals surface area contributed by atoms with E-state index < -0.39 is 18.5 Å². The van der Waals surface area contributed by atoms with Gasteiger partial charge in [0.15, 0.2) is 6.61 Å². The molecule has 0 spiro atoms. The van der Waals surface area contributed by atoms with Crippen LogP contribution in [0, 0.1) is 0 Å². The standard InChI is InChI=1S/C22H19N5O4/c28-20-14-27(19-9-5-4-8-18(19)23-20)21(29)15-31-22(30)11-10-17-13-26(25-24-17)12-16-6-2-1-3-7-16/h1-11,13H,12,14-15H2,(H,23,28)/b11-10+. The molecule has 0 radical (unpaired) electrons. The number of ether oxygens (including phenoxy) is 1. The summed E-state index contributed by atoms with van der Waals surface area (Å²) in [5.74, 6) is -1.49. The highest BCUT2D eigenvalue weighted by atomic mass is 16.5. The van der Waals surface area contributed by atoms with Crippen molar-refractivity contribution >= 4 is 35.2 Å². The minimum Gasteiger partial charge on any atom is -0.452 e. The second kappa shape index (κ2) is 9.04. The topological polar surface area (TPSA) is 106 Å². The monoisotopic (exact) mass is 417 g/mol. The number of fused-ring (bicyclic) bond motifs is 1. The zero-order valence-electron chi connectivity index (χ0n) is 16.5. The van der Waals surface area contributed by atoms with Gasteiger partial charge in [0, 0.05) is 6.08 Å². The van der Waals surface area contributed by atoms with Gasteiger partial charge in [0.05, 0.1) is 24.1 Å². The van der Waals surface area contributed by atoms with E-state index in [9.17, 15) is 14.4 Å². The van der Waals surface area contributed by atoms with Gasteiger partial charge in [-0.15, -0.1) is 5.10 Å². The fourth-order valence-corrected chi connectivity index (χ4v) is 3.11. The van der Waals surface area contributed by atoms with E-state index in [1.165, 1.54) is 17.1 Å². The molecule has 156 valence electrons. The van der Waals surface area contributed by atoms with Crippen molar-refractivity contribution in [2.45, 2.75) is 6.54 Å². The summed E-state index contributed by atoms with van der Waals surface area (Å²) < 4.78 is 6.68. The first-order chi connectivity index (χ1) is 15.1. The zero-order chi connectivity index (χ0) is 21.6. The molecule has 9 nitrogen and oxygen atoms in total. The summed E-state index contributed by atoms with van der Waals surface area (Å²) in [6, 6.07) is 16.7. The van der Waals surface area contributed by atoms with Crippen molar-refractivity contribution in [3.8, 4) is 0 Å². The molecule has 1 N–H and O–H groups in total. The minimum absolute atomic E-state index is 0.131. The van der Waals surface area contributed by atoms with E-state index in [-0.39, 0.29) is 12.5 Å². The highest BCUT2D eigenvalue weighted by Crippen LogP contribution is 2.28. The number of carbonyl (C=O) groups excluding carboxylic acids is 3. The lowest BCUT2D eigenvalue weighted by molar-refractivity contribution is -0.143. The molecular weight excluding hydrogens is 398 g/mol. The van der Waals surface area contributed by atoms with Crippen LogP contribution >= 0.6 is 0 Å². The Kier molecular flexibility index (Phi) is 5.84. The Balaban J connectivity index is 1.31. The normalized spacial score (nSPS) is 13.0. The van der Waals surface area contributed by atoms with Crippen molar-refractivity contribution in [2.24, 2.45) is 0 Å². The number of amides is 2. The smallest absolute Gasteiger partial charge is 0.331 e. The summed E-state index contributed by atoms with van der Waals surface area (Å²) in [6.45, 7) is -0.0508. The van der Waals surface area contributed by atoms with Crippen molar-refractivity contribution in [2.75, 3.05) is 23.4 Å². The van der Waals surface area contributed by atoms with Gasteiger partial charge < -0.3 is 10.1 Å².